The molecule has 76 valence electrons. The second kappa shape index (κ2) is 5.24. The van der Waals surface area contributed by atoms with Gasteiger partial charge in [-0.15, -0.1) is 0 Å². The number of para-hydroxylation sites is 1. The molecule has 1 aromatic carbocycles. The van der Waals surface area contributed by atoms with Gasteiger partial charge in [-0.1, -0.05) is 25.1 Å². The molecule has 0 aliphatic rings. The topological polar surface area (TPSA) is 58.6 Å². The van der Waals surface area contributed by atoms with Gasteiger partial charge in [-0.3, -0.25) is 4.79 Å². The molecule has 0 aliphatic carbocycles. The number of hydroxylamine groups is 1. The summed E-state index contributed by atoms with van der Waals surface area (Å²) in [4.78, 5) is 15.6. The quantitative estimate of drug-likeness (QED) is 0.695. The fourth-order valence-corrected chi connectivity index (χ4v) is 0.826. The van der Waals surface area contributed by atoms with Crippen molar-refractivity contribution in [1.29, 1.82) is 0 Å². The Hall–Kier alpha value is -1.55. The maximum atomic E-state index is 10.4. The molecule has 1 atom stereocenters. The van der Waals surface area contributed by atoms with Crippen molar-refractivity contribution in [2.24, 2.45) is 5.92 Å². The molecule has 0 aromatic heterocycles. The van der Waals surface area contributed by atoms with Crippen LogP contribution in [-0.4, -0.2) is 17.6 Å². The van der Waals surface area contributed by atoms with Gasteiger partial charge in [-0.25, -0.2) is 0 Å². The van der Waals surface area contributed by atoms with Gasteiger partial charge in [0.1, 0.15) is 5.75 Å². The van der Waals surface area contributed by atoms with E-state index in [2.05, 4.69) is 5.48 Å². The molecule has 0 saturated heterocycles. The van der Waals surface area contributed by atoms with Crippen molar-refractivity contribution >= 4 is 5.97 Å². The van der Waals surface area contributed by atoms with E-state index in [9.17, 15) is 4.79 Å². The fourth-order valence-electron chi connectivity index (χ4n) is 0.826. The summed E-state index contributed by atoms with van der Waals surface area (Å²) < 4.78 is 0. The summed E-state index contributed by atoms with van der Waals surface area (Å²) in [6, 6.07) is 9.15. The lowest BCUT2D eigenvalue weighted by Crippen LogP contribution is -2.28. The summed E-state index contributed by atoms with van der Waals surface area (Å²) in [5, 5.41) is 8.58. The normalized spacial score (nSPS) is 12.1. The zero-order valence-corrected chi connectivity index (χ0v) is 7.93. The lowest BCUT2D eigenvalue weighted by molar-refractivity contribution is -0.141. The second-order valence-corrected chi connectivity index (χ2v) is 3.00. The molecule has 0 fully saturated rings. The minimum atomic E-state index is -0.839. The van der Waals surface area contributed by atoms with E-state index in [1.807, 2.05) is 18.2 Å². The molecule has 0 bridgehead atoms. The van der Waals surface area contributed by atoms with Crippen molar-refractivity contribution in [2.75, 3.05) is 6.54 Å². The molecule has 0 aliphatic heterocycles. The zero-order valence-electron chi connectivity index (χ0n) is 7.93. The Kier molecular flexibility index (Phi) is 3.94. The second-order valence-electron chi connectivity index (χ2n) is 3.00. The largest absolute Gasteiger partial charge is 0.481 e. The lowest BCUT2D eigenvalue weighted by Gasteiger charge is -2.09. The average Bonchev–Trinajstić information content (AvgIpc) is 2.19. The highest BCUT2D eigenvalue weighted by atomic mass is 16.6. The summed E-state index contributed by atoms with van der Waals surface area (Å²) in [5.74, 6) is -0.627. The number of nitrogens with one attached hydrogen (secondary N) is 1. The van der Waals surface area contributed by atoms with Crippen molar-refractivity contribution < 1.29 is 14.7 Å². The van der Waals surface area contributed by atoms with E-state index in [1.54, 1.807) is 19.1 Å². The summed E-state index contributed by atoms with van der Waals surface area (Å²) >= 11 is 0. The third-order valence-electron chi connectivity index (χ3n) is 1.74. The molecule has 1 aromatic rings. The summed E-state index contributed by atoms with van der Waals surface area (Å²) in [6.45, 7) is 1.90. The smallest absolute Gasteiger partial charge is 0.307 e. The van der Waals surface area contributed by atoms with E-state index < -0.39 is 11.9 Å². The first kappa shape index (κ1) is 10.5. The van der Waals surface area contributed by atoms with Crippen LogP contribution in [0, 0.1) is 5.92 Å². The zero-order chi connectivity index (χ0) is 10.4. The van der Waals surface area contributed by atoms with Crippen LogP contribution in [0.1, 0.15) is 6.92 Å². The van der Waals surface area contributed by atoms with Crippen molar-refractivity contribution in [3.05, 3.63) is 30.3 Å². The maximum absolute atomic E-state index is 10.4. The van der Waals surface area contributed by atoms with Gasteiger partial charge in [0.15, 0.2) is 0 Å². The molecular weight excluding hydrogens is 182 g/mol. The molecule has 1 unspecified atom stereocenters. The number of carboxylic acids is 1. The number of benzene rings is 1. The van der Waals surface area contributed by atoms with Gasteiger partial charge in [0.25, 0.3) is 0 Å². The van der Waals surface area contributed by atoms with E-state index in [-0.39, 0.29) is 6.54 Å². The SMILES string of the molecule is CC(CNOc1ccccc1)C(=O)O. The van der Waals surface area contributed by atoms with Crippen LogP contribution in [0.15, 0.2) is 30.3 Å². The highest BCUT2D eigenvalue weighted by Crippen LogP contribution is 2.06. The molecule has 4 heteroatoms. The molecule has 0 amide bonds. The van der Waals surface area contributed by atoms with Crippen LogP contribution >= 0.6 is 0 Å². The molecule has 1 rings (SSSR count). The van der Waals surface area contributed by atoms with Crippen molar-refractivity contribution in [3.63, 3.8) is 0 Å². The molecule has 4 nitrogen and oxygen atoms in total. The van der Waals surface area contributed by atoms with Gasteiger partial charge in [0.05, 0.1) is 5.92 Å². The predicted molar refractivity (Wildman–Crippen MR) is 51.9 cm³/mol. The first-order valence-corrected chi connectivity index (χ1v) is 4.37. The van der Waals surface area contributed by atoms with Crippen LogP contribution in [0.3, 0.4) is 0 Å². The Morgan fingerprint density at radius 3 is 2.71 bits per heavy atom. The van der Waals surface area contributed by atoms with Gasteiger partial charge in [-0.2, -0.15) is 5.48 Å². The van der Waals surface area contributed by atoms with Crippen molar-refractivity contribution in [1.82, 2.24) is 5.48 Å². The third-order valence-corrected chi connectivity index (χ3v) is 1.74. The highest BCUT2D eigenvalue weighted by molar-refractivity contribution is 5.69. The molecule has 0 saturated carbocycles. The Morgan fingerprint density at radius 2 is 2.14 bits per heavy atom. The minimum absolute atomic E-state index is 0.282. The van der Waals surface area contributed by atoms with Gasteiger partial charge in [0.2, 0.25) is 0 Å². The molecule has 0 radical (unpaired) electrons. The first-order valence-electron chi connectivity index (χ1n) is 4.37. The lowest BCUT2D eigenvalue weighted by atomic mass is 10.2. The summed E-state index contributed by atoms with van der Waals surface area (Å²) in [6.07, 6.45) is 0. The van der Waals surface area contributed by atoms with Crippen LogP contribution in [0.5, 0.6) is 5.75 Å². The minimum Gasteiger partial charge on any atom is -0.481 e. The predicted octanol–water partition coefficient (Wildman–Crippen LogP) is 1.29. The van der Waals surface area contributed by atoms with E-state index in [0.717, 1.165) is 0 Å². The Morgan fingerprint density at radius 1 is 1.50 bits per heavy atom. The number of rotatable bonds is 5. The number of carboxylic acid groups (broad SMARTS) is 1. The molecule has 14 heavy (non-hydrogen) atoms. The highest BCUT2D eigenvalue weighted by Gasteiger charge is 2.09. The van der Waals surface area contributed by atoms with Crippen molar-refractivity contribution in [3.8, 4) is 5.75 Å². The van der Waals surface area contributed by atoms with Gasteiger partial charge < -0.3 is 9.94 Å². The summed E-state index contributed by atoms with van der Waals surface area (Å²) in [7, 11) is 0. The third kappa shape index (κ3) is 3.45. The Balaban J connectivity index is 2.26. The van der Waals surface area contributed by atoms with E-state index in [0.29, 0.717) is 5.75 Å². The van der Waals surface area contributed by atoms with Crippen LogP contribution in [0.2, 0.25) is 0 Å². The summed E-state index contributed by atoms with van der Waals surface area (Å²) in [5.41, 5.74) is 2.60. The number of aliphatic carboxylic acids is 1. The molecule has 0 heterocycles. The van der Waals surface area contributed by atoms with Crippen LogP contribution < -0.4 is 10.3 Å². The van der Waals surface area contributed by atoms with E-state index in [1.165, 1.54) is 0 Å². The molecular formula is C10H13NO3. The Bertz CT molecular complexity index is 287. The maximum Gasteiger partial charge on any atom is 0.307 e. The van der Waals surface area contributed by atoms with E-state index in [4.69, 9.17) is 9.94 Å². The number of carbonyl (C=O) groups is 1. The van der Waals surface area contributed by atoms with Crippen molar-refractivity contribution in [2.45, 2.75) is 6.92 Å². The number of hydrogen-bond donors (Lipinski definition) is 2. The molecule has 2 N–H and O–H groups in total. The van der Waals surface area contributed by atoms with E-state index >= 15 is 0 Å². The monoisotopic (exact) mass is 195 g/mol. The number of hydrogen-bond acceptors (Lipinski definition) is 3. The molecule has 0 spiro atoms. The van der Waals surface area contributed by atoms with Crippen LogP contribution in [0.4, 0.5) is 0 Å². The average molecular weight is 195 g/mol. The van der Waals surface area contributed by atoms with Gasteiger partial charge >= 0.3 is 5.97 Å². The van der Waals surface area contributed by atoms with Gasteiger partial charge in [-0.05, 0) is 12.1 Å². The standard InChI is InChI=1S/C10H13NO3/c1-8(10(12)13)7-11-14-9-5-3-2-4-6-9/h2-6,8,11H,7H2,1H3,(H,12,13). The first-order chi connectivity index (χ1) is 6.70. The van der Waals surface area contributed by atoms with Crippen LogP contribution in [0.25, 0.3) is 0 Å². The fraction of sp³-hybridized carbons (Fsp3) is 0.300. The van der Waals surface area contributed by atoms with Gasteiger partial charge in [0, 0.05) is 6.54 Å². The van der Waals surface area contributed by atoms with Crippen LogP contribution in [-0.2, 0) is 4.79 Å². The Labute approximate surface area is 82.5 Å².